The molecular formula is C14H16ClFN4O2S2. The van der Waals surface area contributed by atoms with E-state index in [-0.39, 0.29) is 10.9 Å². The van der Waals surface area contributed by atoms with E-state index in [2.05, 4.69) is 20.8 Å². The van der Waals surface area contributed by atoms with E-state index in [0.717, 1.165) is 6.07 Å². The number of thioether (sulfide) groups is 1. The third-order valence-electron chi connectivity index (χ3n) is 2.82. The third-order valence-corrected chi connectivity index (χ3v) is 5.20. The van der Waals surface area contributed by atoms with Crippen LogP contribution in [0.2, 0.25) is 5.02 Å². The van der Waals surface area contributed by atoms with Crippen molar-refractivity contribution in [3.63, 3.8) is 0 Å². The molecule has 1 heterocycles. The van der Waals surface area contributed by atoms with Gasteiger partial charge in [-0.1, -0.05) is 34.7 Å². The Morgan fingerprint density at radius 3 is 3.00 bits per heavy atom. The van der Waals surface area contributed by atoms with E-state index in [0.29, 0.717) is 28.3 Å². The first-order valence-electron chi connectivity index (χ1n) is 6.98. The average Bonchev–Trinajstić information content (AvgIpc) is 2.97. The van der Waals surface area contributed by atoms with Gasteiger partial charge in [0.1, 0.15) is 5.82 Å². The van der Waals surface area contributed by atoms with Gasteiger partial charge < -0.3 is 15.4 Å². The van der Waals surface area contributed by atoms with Crippen LogP contribution in [0, 0.1) is 5.82 Å². The maximum absolute atomic E-state index is 13.0. The fraction of sp³-hybridized carbons (Fsp3) is 0.357. The molecule has 0 aliphatic rings. The molecule has 0 spiro atoms. The molecule has 10 heteroatoms. The Hall–Kier alpha value is -1.42. The number of aromatic nitrogens is 2. The Morgan fingerprint density at radius 1 is 1.50 bits per heavy atom. The molecule has 1 atom stereocenters. The maximum atomic E-state index is 13.0. The number of amides is 1. The van der Waals surface area contributed by atoms with E-state index in [1.54, 1.807) is 14.0 Å². The minimum absolute atomic E-state index is 0.154. The van der Waals surface area contributed by atoms with Gasteiger partial charge in [-0.25, -0.2) is 4.39 Å². The molecule has 2 N–H and O–H groups in total. The molecule has 2 aromatic rings. The van der Waals surface area contributed by atoms with Crippen LogP contribution < -0.4 is 10.6 Å². The van der Waals surface area contributed by atoms with Crippen molar-refractivity contribution in [2.24, 2.45) is 0 Å². The van der Waals surface area contributed by atoms with Crippen LogP contribution in [0.4, 0.5) is 15.2 Å². The van der Waals surface area contributed by atoms with Gasteiger partial charge in [-0.2, -0.15) is 0 Å². The number of anilines is 2. The third kappa shape index (κ3) is 5.59. The van der Waals surface area contributed by atoms with Crippen molar-refractivity contribution in [2.75, 3.05) is 30.9 Å². The van der Waals surface area contributed by atoms with Crippen LogP contribution >= 0.6 is 34.7 Å². The van der Waals surface area contributed by atoms with E-state index in [9.17, 15) is 9.18 Å². The minimum Gasteiger partial charge on any atom is -0.383 e. The van der Waals surface area contributed by atoms with Gasteiger partial charge in [-0.15, -0.1) is 10.2 Å². The maximum Gasteiger partial charge on any atom is 0.237 e. The van der Waals surface area contributed by atoms with E-state index in [1.807, 2.05) is 0 Å². The predicted molar refractivity (Wildman–Crippen MR) is 95.6 cm³/mol. The van der Waals surface area contributed by atoms with Gasteiger partial charge >= 0.3 is 0 Å². The molecule has 0 radical (unpaired) electrons. The zero-order chi connectivity index (χ0) is 17.5. The summed E-state index contributed by atoms with van der Waals surface area (Å²) < 4.78 is 18.6. The number of carbonyl (C=O) groups is 1. The average molecular weight is 391 g/mol. The summed E-state index contributed by atoms with van der Waals surface area (Å²) in [5.74, 6) is -0.708. The van der Waals surface area contributed by atoms with Gasteiger partial charge in [0.2, 0.25) is 11.0 Å². The molecule has 0 saturated heterocycles. The van der Waals surface area contributed by atoms with Gasteiger partial charge in [0.05, 0.1) is 22.6 Å². The second-order valence-corrected chi connectivity index (χ2v) is 7.64. The van der Waals surface area contributed by atoms with Crippen LogP contribution in [0.25, 0.3) is 0 Å². The minimum atomic E-state index is -0.456. The number of carbonyl (C=O) groups excluding carboxylic acids is 1. The highest BCUT2D eigenvalue weighted by Crippen LogP contribution is 2.30. The van der Waals surface area contributed by atoms with E-state index in [4.69, 9.17) is 16.3 Å². The predicted octanol–water partition coefficient (Wildman–Crippen LogP) is 3.51. The molecule has 1 amide bonds. The normalized spacial score (nSPS) is 12.0. The largest absolute Gasteiger partial charge is 0.383 e. The first-order chi connectivity index (χ1) is 11.5. The van der Waals surface area contributed by atoms with Crippen molar-refractivity contribution >= 4 is 51.4 Å². The Morgan fingerprint density at radius 2 is 2.29 bits per heavy atom. The molecule has 0 fully saturated rings. The number of methoxy groups -OCH3 is 1. The number of rotatable bonds is 8. The second-order valence-electron chi connectivity index (χ2n) is 4.67. The monoisotopic (exact) mass is 390 g/mol. The highest BCUT2D eigenvalue weighted by atomic mass is 35.5. The summed E-state index contributed by atoms with van der Waals surface area (Å²) in [4.78, 5) is 12.2. The Labute approximate surface area is 152 Å². The number of hydrogen-bond acceptors (Lipinski definition) is 7. The van der Waals surface area contributed by atoms with Crippen molar-refractivity contribution in [3.8, 4) is 0 Å². The number of nitrogens with one attached hydrogen (secondary N) is 2. The molecule has 24 heavy (non-hydrogen) atoms. The van der Waals surface area contributed by atoms with Crippen LogP contribution in [0.5, 0.6) is 0 Å². The molecule has 2 rings (SSSR count). The summed E-state index contributed by atoms with van der Waals surface area (Å²) in [6.45, 7) is 2.95. The van der Waals surface area contributed by atoms with E-state index >= 15 is 0 Å². The molecule has 0 aliphatic heterocycles. The molecule has 0 unspecified atom stereocenters. The van der Waals surface area contributed by atoms with Gasteiger partial charge in [0.15, 0.2) is 4.34 Å². The number of benzene rings is 1. The van der Waals surface area contributed by atoms with Crippen molar-refractivity contribution in [2.45, 2.75) is 16.5 Å². The summed E-state index contributed by atoms with van der Waals surface area (Å²) in [6.07, 6.45) is 0. The summed E-state index contributed by atoms with van der Waals surface area (Å²) in [7, 11) is 1.62. The standard InChI is InChI=1S/C14H16ClFN4O2S2/c1-8(12(21)18-11-4-3-9(16)7-10(11)15)23-14-20-19-13(24-14)17-5-6-22-2/h3-4,7-8H,5-6H2,1-2H3,(H,17,19)(H,18,21)/t8-/m0/s1. The lowest BCUT2D eigenvalue weighted by molar-refractivity contribution is -0.115. The van der Waals surface area contributed by atoms with Gasteiger partial charge in [0.25, 0.3) is 0 Å². The fourth-order valence-corrected chi connectivity index (χ4v) is 3.75. The Balaban J connectivity index is 1.89. The quantitative estimate of drug-likeness (QED) is 0.530. The van der Waals surface area contributed by atoms with Crippen molar-refractivity contribution < 1.29 is 13.9 Å². The summed E-state index contributed by atoms with van der Waals surface area (Å²) in [5, 5.41) is 14.2. The topological polar surface area (TPSA) is 76.1 Å². The van der Waals surface area contributed by atoms with Gasteiger partial charge in [-0.05, 0) is 25.1 Å². The number of halogens is 2. The molecule has 1 aromatic carbocycles. The zero-order valence-electron chi connectivity index (χ0n) is 13.0. The SMILES string of the molecule is COCCNc1nnc(S[C@@H](C)C(=O)Nc2ccc(F)cc2Cl)s1. The Bertz CT molecular complexity index is 701. The number of nitrogens with zero attached hydrogens (tertiary/aromatic N) is 2. The molecule has 6 nitrogen and oxygen atoms in total. The lowest BCUT2D eigenvalue weighted by Gasteiger charge is -2.11. The Kier molecular flexibility index (Phi) is 7.22. The summed E-state index contributed by atoms with van der Waals surface area (Å²) in [5.41, 5.74) is 0.370. The van der Waals surface area contributed by atoms with Crippen LogP contribution in [-0.2, 0) is 9.53 Å². The molecule has 0 aliphatic carbocycles. The zero-order valence-corrected chi connectivity index (χ0v) is 15.4. The van der Waals surface area contributed by atoms with Crippen LogP contribution in [-0.4, -0.2) is 41.6 Å². The van der Waals surface area contributed by atoms with E-state index in [1.165, 1.54) is 35.2 Å². The van der Waals surface area contributed by atoms with Crippen molar-refractivity contribution in [3.05, 3.63) is 29.0 Å². The van der Waals surface area contributed by atoms with Gasteiger partial charge in [-0.3, -0.25) is 4.79 Å². The molecule has 1 aromatic heterocycles. The van der Waals surface area contributed by atoms with Crippen molar-refractivity contribution in [1.29, 1.82) is 0 Å². The first-order valence-corrected chi connectivity index (χ1v) is 9.06. The first kappa shape index (κ1) is 18.9. The smallest absolute Gasteiger partial charge is 0.237 e. The van der Waals surface area contributed by atoms with Crippen LogP contribution in [0.15, 0.2) is 22.5 Å². The number of ether oxygens (including phenoxy) is 1. The highest BCUT2D eigenvalue weighted by Gasteiger charge is 2.18. The fourth-order valence-electron chi connectivity index (χ4n) is 1.62. The lowest BCUT2D eigenvalue weighted by Crippen LogP contribution is -2.22. The highest BCUT2D eigenvalue weighted by molar-refractivity contribution is 8.02. The van der Waals surface area contributed by atoms with Crippen LogP contribution in [0.1, 0.15) is 6.92 Å². The number of hydrogen-bond donors (Lipinski definition) is 2. The van der Waals surface area contributed by atoms with Crippen molar-refractivity contribution in [1.82, 2.24) is 10.2 Å². The molecule has 130 valence electrons. The van der Waals surface area contributed by atoms with Crippen LogP contribution in [0.3, 0.4) is 0 Å². The van der Waals surface area contributed by atoms with Gasteiger partial charge in [0, 0.05) is 13.7 Å². The molecule has 0 saturated carbocycles. The lowest BCUT2D eigenvalue weighted by atomic mass is 10.3. The molecule has 0 bridgehead atoms. The summed E-state index contributed by atoms with van der Waals surface area (Å²) >= 11 is 8.55. The summed E-state index contributed by atoms with van der Waals surface area (Å²) in [6, 6.07) is 3.81. The van der Waals surface area contributed by atoms with E-state index < -0.39 is 11.1 Å². The molecular weight excluding hydrogens is 375 g/mol. The second kappa shape index (κ2) is 9.16.